The lowest BCUT2D eigenvalue weighted by atomic mass is 10.2. The summed E-state index contributed by atoms with van der Waals surface area (Å²) in [4.78, 5) is 11.3. The Labute approximate surface area is 114 Å². The van der Waals surface area contributed by atoms with Crippen LogP contribution in [0, 0.1) is 0 Å². The SMILES string of the molecule is CCC(Cl)c1nc(Cl)c2c3c(sc2n1)CCC3. The summed E-state index contributed by atoms with van der Waals surface area (Å²) in [5.41, 5.74) is 1.36. The lowest BCUT2D eigenvalue weighted by Crippen LogP contribution is -1.98. The molecule has 1 atom stereocenters. The molecule has 2 aromatic heterocycles. The number of aryl methyl sites for hydroxylation is 2. The van der Waals surface area contributed by atoms with Crippen LogP contribution in [0.4, 0.5) is 0 Å². The zero-order chi connectivity index (χ0) is 12.0. The quantitative estimate of drug-likeness (QED) is 0.599. The standard InChI is InChI=1S/C12H12Cl2N2S/c1-2-7(13)11-15-10(14)9-6-4-3-5-8(6)17-12(9)16-11/h7H,2-5H2,1H3. The van der Waals surface area contributed by atoms with Gasteiger partial charge in [0, 0.05) is 4.88 Å². The number of hydrogen-bond acceptors (Lipinski definition) is 3. The van der Waals surface area contributed by atoms with Gasteiger partial charge in [0.15, 0.2) is 0 Å². The molecule has 3 rings (SSSR count). The van der Waals surface area contributed by atoms with Gasteiger partial charge in [0.25, 0.3) is 0 Å². The third-order valence-corrected chi connectivity index (χ3v) is 5.14. The third kappa shape index (κ3) is 1.85. The summed E-state index contributed by atoms with van der Waals surface area (Å²) >= 11 is 14.2. The molecule has 2 nitrogen and oxygen atoms in total. The molecule has 17 heavy (non-hydrogen) atoms. The molecule has 2 aromatic rings. The first-order chi connectivity index (χ1) is 8.20. The predicted molar refractivity (Wildman–Crippen MR) is 73.3 cm³/mol. The second-order valence-corrected chi connectivity index (χ2v) is 6.25. The summed E-state index contributed by atoms with van der Waals surface area (Å²) in [6.45, 7) is 2.02. The normalized spacial score (nSPS) is 16.4. The minimum atomic E-state index is -0.145. The maximum Gasteiger partial charge on any atom is 0.149 e. The molecule has 0 amide bonds. The molecule has 0 bridgehead atoms. The number of halogens is 2. The van der Waals surface area contributed by atoms with E-state index in [-0.39, 0.29) is 5.38 Å². The molecule has 1 aliphatic rings. The van der Waals surface area contributed by atoms with E-state index in [4.69, 9.17) is 23.2 Å². The lowest BCUT2D eigenvalue weighted by molar-refractivity contribution is 0.813. The highest BCUT2D eigenvalue weighted by atomic mass is 35.5. The molecule has 0 fully saturated rings. The second kappa shape index (κ2) is 4.38. The van der Waals surface area contributed by atoms with Gasteiger partial charge in [-0.25, -0.2) is 9.97 Å². The Morgan fingerprint density at radius 3 is 2.94 bits per heavy atom. The van der Waals surface area contributed by atoms with E-state index in [2.05, 4.69) is 9.97 Å². The third-order valence-electron chi connectivity index (χ3n) is 3.18. The molecule has 0 saturated carbocycles. The predicted octanol–water partition coefficient (Wildman–Crippen LogP) is 4.52. The Morgan fingerprint density at radius 2 is 2.18 bits per heavy atom. The fourth-order valence-corrected chi connectivity index (χ4v) is 4.00. The molecule has 1 aliphatic carbocycles. The van der Waals surface area contributed by atoms with Gasteiger partial charge in [-0.05, 0) is 31.2 Å². The van der Waals surface area contributed by atoms with Gasteiger partial charge in [0.1, 0.15) is 15.8 Å². The average Bonchev–Trinajstić information content (AvgIpc) is 2.86. The maximum atomic E-state index is 6.29. The topological polar surface area (TPSA) is 25.8 Å². The summed E-state index contributed by atoms with van der Waals surface area (Å²) in [5.74, 6) is 0.659. The van der Waals surface area contributed by atoms with Crippen LogP contribution in [0.2, 0.25) is 5.15 Å². The van der Waals surface area contributed by atoms with Crippen molar-refractivity contribution in [3.05, 3.63) is 21.4 Å². The van der Waals surface area contributed by atoms with Crippen molar-refractivity contribution in [1.82, 2.24) is 9.97 Å². The maximum absolute atomic E-state index is 6.29. The first kappa shape index (κ1) is 11.7. The van der Waals surface area contributed by atoms with E-state index in [0.29, 0.717) is 11.0 Å². The molecular formula is C12H12Cl2N2S. The van der Waals surface area contributed by atoms with Crippen molar-refractivity contribution in [3.63, 3.8) is 0 Å². The highest BCUT2D eigenvalue weighted by molar-refractivity contribution is 7.19. The van der Waals surface area contributed by atoms with Crippen LogP contribution in [-0.4, -0.2) is 9.97 Å². The molecule has 0 aliphatic heterocycles. The van der Waals surface area contributed by atoms with Crippen LogP contribution < -0.4 is 0 Å². The van der Waals surface area contributed by atoms with E-state index < -0.39 is 0 Å². The first-order valence-electron chi connectivity index (χ1n) is 5.82. The molecule has 0 spiro atoms. The van der Waals surface area contributed by atoms with Crippen molar-refractivity contribution >= 4 is 44.8 Å². The lowest BCUT2D eigenvalue weighted by Gasteiger charge is -2.06. The highest BCUT2D eigenvalue weighted by Crippen LogP contribution is 2.40. The van der Waals surface area contributed by atoms with E-state index in [1.54, 1.807) is 11.3 Å². The van der Waals surface area contributed by atoms with Gasteiger partial charge >= 0.3 is 0 Å². The number of fused-ring (bicyclic) bond motifs is 3. The summed E-state index contributed by atoms with van der Waals surface area (Å²) < 4.78 is 0. The highest BCUT2D eigenvalue weighted by Gasteiger charge is 2.22. The van der Waals surface area contributed by atoms with Gasteiger partial charge in [0.2, 0.25) is 0 Å². The van der Waals surface area contributed by atoms with Crippen LogP contribution in [0.3, 0.4) is 0 Å². The zero-order valence-electron chi connectivity index (χ0n) is 9.46. The number of nitrogens with zero attached hydrogens (tertiary/aromatic N) is 2. The average molecular weight is 287 g/mol. The van der Waals surface area contributed by atoms with Crippen LogP contribution in [0.5, 0.6) is 0 Å². The molecule has 0 aromatic carbocycles. The van der Waals surface area contributed by atoms with Crippen LogP contribution in [0.1, 0.15) is 41.4 Å². The van der Waals surface area contributed by atoms with Gasteiger partial charge in [-0.1, -0.05) is 18.5 Å². The Balaban J connectivity index is 2.21. The largest absolute Gasteiger partial charge is 0.220 e. The van der Waals surface area contributed by atoms with Gasteiger partial charge in [-0.3, -0.25) is 0 Å². The number of thiophene rings is 1. The number of alkyl halides is 1. The minimum absolute atomic E-state index is 0.145. The van der Waals surface area contributed by atoms with Gasteiger partial charge in [0.05, 0.1) is 10.8 Å². The van der Waals surface area contributed by atoms with Gasteiger partial charge in [-0.15, -0.1) is 22.9 Å². The monoisotopic (exact) mass is 286 g/mol. The van der Waals surface area contributed by atoms with Crippen molar-refractivity contribution in [2.45, 2.75) is 38.0 Å². The van der Waals surface area contributed by atoms with Gasteiger partial charge in [-0.2, -0.15) is 0 Å². The Morgan fingerprint density at radius 1 is 1.35 bits per heavy atom. The van der Waals surface area contributed by atoms with E-state index in [9.17, 15) is 0 Å². The number of aromatic nitrogens is 2. The van der Waals surface area contributed by atoms with Crippen molar-refractivity contribution in [2.75, 3.05) is 0 Å². The van der Waals surface area contributed by atoms with Crippen LogP contribution in [0.15, 0.2) is 0 Å². The van der Waals surface area contributed by atoms with Crippen LogP contribution in [-0.2, 0) is 12.8 Å². The zero-order valence-corrected chi connectivity index (χ0v) is 11.8. The fraction of sp³-hybridized carbons (Fsp3) is 0.500. The van der Waals surface area contributed by atoms with E-state index in [1.165, 1.54) is 16.9 Å². The smallest absolute Gasteiger partial charge is 0.149 e. The minimum Gasteiger partial charge on any atom is -0.220 e. The molecule has 0 radical (unpaired) electrons. The van der Waals surface area contributed by atoms with E-state index in [0.717, 1.165) is 29.5 Å². The van der Waals surface area contributed by atoms with Crippen LogP contribution >= 0.6 is 34.5 Å². The van der Waals surface area contributed by atoms with Crippen molar-refractivity contribution in [3.8, 4) is 0 Å². The molecule has 0 saturated heterocycles. The van der Waals surface area contributed by atoms with Crippen molar-refractivity contribution < 1.29 is 0 Å². The second-order valence-electron chi connectivity index (χ2n) is 4.29. The van der Waals surface area contributed by atoms with E-state index >= 15 is 0 Å². The van der Waals surface area contributed by atoms with E-state index in [1.807, 2.05) is 6.92 Å². The Hall–Kier alpha value is -0.380. The van der Waals surface area contributed by atoms with Crippen molar-refractivity contribution in [2.24, 2.45) is 0 Å². The molecule has 1 unspecified atom stereocenters. The molecule has 90 valence electrons. The van der Waals surface area contributed by atoms with Crippen LogP contribution in [0.25, 0.3) is 10.2 Å². The molecular weight excluding hydrogens is 275 g/mol. The van der Waals surface area contributed by atoms with Gasteiger partial charge < -0.3 is 0 Å². The molecule has 0 N–H and O–H groups in total. The number of hydrogen-bond donors (Lipinski definition) is 0. The number of rotatable bonds is 2. The Kier molecular flexibility index (Phi) is 3.01. The molecule has 5 heteroatoms. The fourth-order valence-electron chi connectivity index (χ4n) is 2.29. The summed E-state index contributed by atoms with van der Waals surface area (Å²) in [5, 5.41) is 1.49. The summed E-state index contributed by atoms with van der Waals surface area (Å²) in [7, 11) is 0. The summed E-state index contributed by atoms with van der Waals surface area (Å²) in [6, 6.07) is 0. The summed E-state index contributed by atoms with van der Waals surface area (Å²) in [6.07, 6.45) is 4.30. The van der Waals surface area contributed by atoms with Crippen molar-refractivity contribution in [1.29, 1.82) is 0 Å². The molecule has 2 heterocycles. The Bertz CT molecular complexity index is 579. The first-order valence-corrected chi connectivity index (χ1v) is 7.45.